The summed E-state index contributed by atoms with van der Waals surface area (Å²) in [7, 11) is 0. The molecular formula is C11H17N3O2. The Labute approximate surface area is 93.3 Å². The van der Waals surface area contributed by atoms with Gasteiger partial charge in [0, 0.05) is 12.6 Å². The lowest BCUT2D eigenvalue weighted by molar-refractivity contribution is 0.278. The van der Waals surface area contributed by atoms with Crippen LogP contribution in [0.25, 0.3) is 0 Å². The van der Waals surface area contributed by atoms with Crippen LogP contribution in [0.1, 0.15) is 32.6 Å². The molecule has 0 radical (unpaired) electrons. The van der Waals surface area contributed by atoms with Gasteiger partial charge >= 0.3 is 5.69 Å². The minimum absolute atomic E-state index is 0.135. The lowest BCUT2D eigenvalue weighted by atomic mass is 9.89. The van der Waals surface area contributed by atoms with E-state index in [-0.39, 0.29) is 11.2 Å². The van der Waals surface area contributed by atoms with Gasteiger partial charge < -0.3 is 5.73 Å². The Morgan fingerprint density at radius 1 is 1.44 bits per heavy atom. The Bertz CT molecular complexity index is 495. The van der Waals surface area contributed by atoms with Crippen molar-refractivity contribution in [2.75, 3.05) is 5.73 Å². The molecule has 0 aliphatic heterocycles. The van der Waals surface area contributed by atoms with Gasteiger partial charge in [-0.25, -0.2) is 4.79 Å². The monoisotopic (exact) mass is 223 g/mol. The second kappa shape index (κ2) is 3.81. The zero-order valence-corrected chi connectivity index (χ0v) is 9.45. The number of nitrogens with zero attached hydrogens (tertiary/aromatic N) is 1. The maximum atomic E-state index is 11.6. The minimum atomic E-state index is -0.435. The molecule has 88 valence electrons. The molecule has 1 fully saturated rings. The van der Waals surface area contributed by atoms with Crippen LogP contribution in [0, 0.1) is 5.41 Å². The van der Waals surface area contributed by atoms with Crippen LogP contribution in [0.4, 0.5) is 5.82 Å². The summed E-state index contributed by atoms with van der Waals surface area (Å²) in [5, 5.41) is 0. The summed E-state index contributed by atoms with van der Waals surface area (Å²) in [6.07, 6.45) is 4.62. The summed E-state index contributed by atoms with van der Waals surface area (Å²) in [5.41, 5.74) is 5.00. The van der Waals surface area contributed by atoms with E-state index in [1.54, 1.807) is 0 Å². The van der Waals surface area contributed by atoms with Gasteiger partial charge in [-0.3, -0.25) is 14.3 Å². The van der Waals surface area contributed by atoms with Crippen LogP contribution >= 0.6 is 0 Å². The molecule has 1 saturated carbocycles. The molecule has 2 rings (SSSR count). The van der Waals surface area contributed by atoms with Crippen LogP contribution in [0.5, 0.6) is 0 Å². The molecule has 0 unspecified atom stereocenters. The number of aromatic nitrogens is 2. The third kappa shape index (κ3) is 2.03. The molecule has 0 amide bonds. The first-order chi connectivity index (χ1) is 7.50. The molecule has 0 bridgehead atoms. The zero-order chi connectivity index (χ0) is 11.8. The van der Waals surface area contributed by atoms with Crippen LogP contribution in [-0.4, -0.2) is 9.55 Å². The number of aromatic amines is 1. The molecule has 5 nitrogen and oxygen atoms in total. The van der Waals surface area contributed by atoms with Crippen LogP contribution in [0.2, 0.25) is 0 Å². The molecule has 0 aromatic carbocycles. The normalized spacial score (nSPS) is 18.8. The number of nitrogens with one attached hydrogen (secondary N) is 1. The molecule has 1 aromatic heterocycles. The smallest absolute Gasteiger partial charge is 0.329 e. The van der Waals surface area contributed by atoms with Gasteiger partial charge in [0.15, 0.2) is 0 Å². The predicted octanol–water partition coefficient (Wildman–Crippen LogP) is 0.699. The van der Waals surface area contributed by atoms with Crippen LogP contribution < -0.4 is 17.0 Å². The van der Waals surface area contributed by atoms with Crippen molar-refractivity contribution in [2.24, 2.45) is 5.41 Å². The highest BCUT2D eigenvalue weighted by atomic mass is 16.2. The highest BCUT2D eigenvalue weighted by Crippen LogP contribution is 2.38. The molecule has 0 spiro atoms. The number of rotatable bonds is 2. The molecule has 3 N–H and O–H groups in total. The predicted molar refractivity (Wildman–Crippen MR) is 62.3 cm³/mol. The van der Waals surface area contributed by atoms with E-state index in [9.17, 15) is 9.59 Å². The first-order valence-electron chi connectivity index (χ1n) is 5.60. The van der Waals surface area contributed by atoms with Gasteiger partial charge in [0.2, 0.25) is 0 Å². The minimum Gasteiger partial charge on any atom is -0.385 e. The maximum Gasteiger partial charge on any atom is 0.329 e. The van der Waals surface area contributed by atoms with Gasteiger partial charge in [-0.2, -0.15) is 0 Å². The Balaban J connectivity index is 2.35. The molecule has 1 aliphatic carbocycles. The van der Waals surface area contributed by atoms with E-state index in [1.165, 1.54) is 23.5 Å². The first kappa shape index (κ1) is 11.0. The Morgan fingerprint density at radius 2 is 2.06 bits per heavy atom. The average molecular weight is 223 g/mol. The van der Waals surface area contributed by atoms with Gasteiger partial charge in [0.1, 0.15) is 5.82 Å². The Morgan fingerprint density at radius 3 is 2.62 bits per heavy atom. The van der Waals surface area contributed by atoms with Crippen molar-refractivity contribution in [2.45, 2.75) is 39.2 Å². The lowest BCUT2D eigenvalue weighted by Crippen LogP contribution is -2.35. The fourth-order valence-corrected chi connectivity index (χ4v) is 2.47. The molecule has 0 saturated heterocycles. The summed E-state index contributed by atoms with van der Waals surface area (Å²) >= 11 is 0. The second-order valence-corrected chi connectivity index (χ2v) is 4.97. The lowest BCUT2D eigenvalue weighted by Gasteiger charge is -2.24. The summed E-state index contributed by atoms with van der Waals surface area (Å²) in [5.74, 6) is 0.252. The third-order valence-electron chi connectivity index (χ3n) is 3.42. The number of nitrogen functional groups attached to an aromatic ring is 1. The molecule has 5 heteroatoms. The van der Waals surface area contributed by atoms with Crippen molar-refractivity contribution < 1.29 is 0 Å². The molecule has 1 aliphatic rings. The van der Waals surface area contributed by atoms with Gasteiger partial charge in [0.05, 0.1) is 0 Å². The number of H-pyrrole nitrogens is 1. The van der Waals surface area contributed by atoms with Crippen molar-refractivity contribution >= 4 is 5.82 Å². The van der Waals surface area contributed by atoms with E-state index < -0.39 is 11.2 Å². The summed E-state index contributed by atoms with van der Waals surface area (Å²) in [4.78, 5) is 24.9. The highest BCUT2D eigenvalue weighted by molar-refractivity contribution is 5.26. The quantitative estimate of drug-likeness (QED) is 0.774. The highest BCUT2D eigenvalue weighted by Gasteiger charge is 2.29. The van der Waals surface area contributed by atoms with Crippen molar-refractivity contribution in [1.29, 1.82) is 0 Å². The largest absolute Gasteiger partial charge is 0.385 e. The molecule has 16 heavy (non-hydrogen) atoms. The van der Waals surface area contributed by atoms with E-state index in [1.807, 2.05) is 0 Å². The number of anilines is 1. The number of hydrogen-bond acceptors (Lipinski definition) is 3. The average Bonchev–Trinajstić information content (AvgIpc) is 2.59. The van der Waals surface area contributed by atoms with Crippen molar-refractivity contribution in [3.05, 3.63) is 26.9 Å². The molecule has 0 atom stereocenters. The first-order valence-corrected chi connectivity index (χ1v) is 5.60. The number of nitrogens with two attached hydrogens (primary N) is 1. The van der Waals surface area contributed by atoms with E-state index in [0.717, 1.165) is 12.8 Å². The SMILES string of the molecule is CC1(Cn2c(N)cc(=O)[nH]c2=O)CCCC1. The van der Waals surface area contributed by atoms with Crippen molar-refractivity contribution in [3.8, 4) is 0 Å². The standard InChI is InChI=1S/C11H17N3O2/c1-11(4-2-3-5-11)7-14-8(12)6-9(15)13-10(14)16/h6H,2-5,7,12H2,1H3,(H,13,15,16). The van der Waals surface area contributed by atoms with Crippen molar-refractivity contribution in [3.63, 3.8) is 0 Å². The fraction of sp³-hybridized carbons (Fsp3) is 0.636. The number of hydrogen-bond donors (Lipinski definition) is 2. The van der Waals surface area contributed by atoms with E-state index >= 15 is 0 Å². The van der Waals surface area contributed by atoms with E-state index in [4.69, 9.17) is 5.73 Å². The van der Waals surface area contributed by atoms with Crippen molar-refractivity contribution in [1.82, 2.24) is 9.55 Å². The second-order valence-electron chi connectivity index (χ2n) is 4.97. The summed E-state index contributed by atoms with van der Waals surface area (Å²) in [6, 6.07) is 1.26. The topological polar surface area (TPSA) is 80.9 Å². The van der Waals surface area contributed by atoms with Gasteiger partial charge in [-0.05, 0) is 18.3 Å². The van der Waals surface area contributed by atoms with Gasteiger partial charge in [-0.1, -0.05) is 19.8 Å². The third-order valence-corrected chi connectivity index (χ3v) is 3.42. The molecular weight excluding hydrogens is 206 g/mol. The molecule has 1 aromatic rings. The van der Waals surface area contributed by atoms with E-state index in [0.29, 0.717) is 6.54 Å². The van der Waals surface area contributed by atoms with E-state index in [2.05, 4.69) is 11.9 Å². The fourth-order valence-electron chi connectivity index (χ4n) is 2.47. The van der Waals surface area contributed by atoms with Gasteiger partial charge in [-0.15, -0.1) is 0 Å². The Hall–Kier alpha value is -1.52. The summed E-state index contributed by atoms with van der Waals surface area (Å²) in [6.45, 7) is 2.76. The van der Waals surface area contributed by atoms with Crippen LogP contribution in [0.15, 0.2) is 15.7 Å². The Kier molecular flexibility index (Phi) is 2.61. The zero-order valence-electron chi connectivity index (χ0n) is 9.45. The maximum absolute atomic E-state index is 11.6. The van der Waals surface area contributed by atoms with Gasteiger partial charge in [0.25, 0.3) is 5.56 Å². The molecule has 1 heterocycles. The summed E-state index contributed by atoms with van der Waals surface area (Å²) < 4.78 is 1.46. The van der Waals surface area contributed by atoms with Crippen LogP contribution in [0.3, 0.4) is 0 Å². The van der Waals surface area contributed by atoms with Crippen LogP contribution in [-0.2, 0) is 6.54 Å².